The van der Waals surface area contributed by atoms with Gasteiger partial charge in [-0.25, -0.2) is 4.39 Å². The molecule has 0 aliphatic carbocycles. The van der Waals surface area contributed by atoms with E-state index in [-0.39, 0.29) is 17.3 Å². The molecule has 2 N–H and O–H groups in total. The highest BCUT2D eigenvalue weighted by Crippen LogP contribution is 2.30. The van der Waals surface area contributed by atoms with E-state index in [9.17, 15) is 22.4 Å². The van der Waals surface area contributed by atoms with Gasteiger partial charge in [0.1, 0.15) is 5.82 Å². The lowest BCUT2D eigenvalue weighted by Crippen LogP contribution is -2.15. The van der Waals surface area contributed by atoms with Gasteiger partial charge in [0.15, 0.2) is 11.0 Å². The van der Waals surface area contributed by atoms with Gasteiger partial charge in [-0.1, -0.05) is 17.8 Å². The summed E-state index contributed by atoms with van der Waals surface area (Å²) in [7, 11) is 0. The van der Waals surface area contributed by atoms with Gasteiger partial charge in [0, 0.05) is 17.9 Å². The van der Waals surface area contributed by atoms with E-state index in [1.807, 2.05) is 11.5 Å². The number of nitrogens with one attached hydrogen (secondary N) is 2. The minimum Gasteiger partial charge on any atom is -0.378 e. The first-order chi connectivity index (χ1) is 14.8. The van der Waals surface area contributed by atoms with Crippen molar-refractivity contribution in [2.45, 2.75) is 31.3 Å². The topological polar surface area (TPSA) is 71.8 Å². The molecule has 0 fully saturated rings. The molecule has 2 aromatic carbocycles. The molecule has 0 aliphatic rings. The Morgan fingerprint density at radius 1 is 1.10 bits per heavy atom. The lowest BCUT2D eigenvalue weighted by atomic mass is 10.2. The van der Waals surface area contributed by atoms with Gasteiger partial charge >= 0.3 is 6.18 Å². The number of aromatic nitrogens is 3. The molecule has 6 nitrogen and oxygen atoms in total. The van der Waals surface area contributed by atoms with Crippen molar-refractivity contribution >= 4 is 29.0 Å². The Labute approximate surface area is 180 Å². The number of halogens is 4. The molecule has 11 heteroatoms. The van der Waals surface area contributed by atoms with Crippen LogP contribution in [0.15, 0.2) is 53.7 Å². The average molecular weight is 453 g/mol. The number of carbonyl (C=O) groups excluding carboxylic acids is 1. The highest BCUT2D eigenvalue weighted by atomic mass is 32.2. The molecule has 0 unspecified atom stereocenters. The maximum atomic E-state index is 13.0. The Morgan fingerprint density at radius 3 is 2.52 bits per heavy atom. The second-order valence-corrected chi connectivity index (χ2v) is 7.36. The average Bonchev–Trinajstić information content (AvgIpc) is 3.13. The zero-order valence-electron chi connectivity index (χ0n) is 16.4. The molecule has 1 heterocycles. The predicted molar refractivity (Wildman–Crippen MR) is 110 cm³/mol. The van der Waals surface area contributed by atoms with Crippen LogP contribution in [0.1, 0.15) is 18.3 Å². The van der Waals surface area contributed by atoms with Crippen LogP contribution in [0.2, 0.25) is 0 Å². The highest BCUT2D eigenvalue weighted by molar-refractivity contribution is 7.99. The molecule has 3 rings (SSSR count). The Morgan fingerprint density at radius 2 is 1.84 bits per heavy atom. The number of rotatable bonds is 8. The van der Waals surface area contributed by atoms with Gasteiger partial charge in [-0.15, -0.1) is 10.2 Å². The number of amides is 1. The molecular weight excluding hydrogens is 434 g/mol. The quantitative estimate of drug-likeness (QED) is 0.379. The molecule has 3 aromatic rings. The number of hydrogen-bond acceptors (Lipinski definition) is 5. The summed E-state index contributed by atoms with van der Waals surface area (Å²) in [6.07, 6.45) is -4.48. The molecule has 0 saturated carbocycles. The minimum absolute atomic E-state index is 0.0419. The van der Waals surface area contributed by atoms with E-state index in [0.717, 1.165) is 29.6 Å². The van der Waals surface area contributed by atoms with Crippen molar-refractivity contribution in [2.75, 3.05) is 16.4 Å². The highest BCUT2D eigenvalue weighted by Gasteiger charge is 2.30. The smallest absolute Gasteiger partial charge is 0.378 e. The van der Waals surface area contributed by atoms with Crippen molar-refractivity contribution in [1.82, 2.24) is 14.8 Å². The van der Waals surface area contributed by atoms with Gasteiger partial charge in [-0.05, 0) is 49.4 Å². The van der Waals surface area contributed by atoms with Crippen LogP contribution >= 0.6 is 11.8 Å². The fourth-order valence-electron chi connectivity index (χ4n) is 2.72. The third-order valence-electron chi connectivity index (χ3n) is 4.21. The zero-order chi connectivity index (χ0) is 22.4. The molecule has 0 atom stereocenters. The fourth-order valence-corrected chi connectivity index (χ4v) is 3.54. The van der Waals surface area contributed by atoms with Gasteiger partial charge < -0.3 is 15.2 Å². The van der Waals surface area contributed by atoms with Gasteiger partial charge in [0.05, 0.1) is 17.9 Å². The molecule has 0 aliphatic heterocycles. The predicted octanol–water partition coefficient (Wildman–Crippen LogP) is 4.80. The van der Waals surface area contributed by atoms with Gasteiger partial charge in [-0.2, -0.15) is 13.2 Å². The number of nitrogens with zero attached hydrogens (tertiary/aromatic N) is 3. The van der Waals surface area contributed by atoms with Crippen LogP contribution in [0.5, 0.6) is 0 Å². The Bertz CT molecular complexity index is 1040. The first kappa shape index (κ1) is 22.6. The summed E-state index contributed by atoms with van der Waals surface area (Å²) in [5.41, 5.74) is -0.0368. The standard InChI is InChI=1S/C20H19F4N5OS/c1-2-29-17(11-25-15-8-6-14(21)7-9-15)27-28-19(29)31-12-18(30)26-16-5-3-4-13(10-16)20(22,23)24/h3-10,25H,2,11-12H2,1H3,(H,26,30). The van der Waals surface area contributed by atoms with Gasteiger partial charge in [-0.3, -0.25) is 4.79 Å². The Balaban J connectivity index is 1.57. The summed E-state index contributed by atoms with van der Waals surface area (Å²) in [6.45, 7) is 2.81. The number of thioether (sulfide) groups is 1. The molecule has 0 radical (unpaired) electrons. The lowest BCUT2D eigenvalue weighted by molar-refractivity contribution is -0.137. The van der Waals surface area contributed by atoms with E-state index in [1.165, 1.54) is 24.3 Å². The van der Waals surface area contributed by atoms with Crippen LogP contribution in [0.25, 0.3) is 0 Å². The summed E-state index contributed by atoms with van der Waals surface area (Å²) >= 11 is 1.13. The summed E-state index contributed by atoms with van der Waals surface area (Å²) in [6, 6.07) is 10.4. The van der Waals surface area contributed by atoms with Crippen LogP contribution in [0, 0.1) is 5.82 Å². The number of hydrogen-bond donors (Lipinski definition) is 2. The molecule has 31 heavy (non-hydrogen) atoms. The number of anilines is 2. The van der Waals surface area contributed by atoms with Crippen LogP contribution < -0.4 is 10.6 Å². The Kier molecular flexibility index (Phi) is 7.16. The monoisotopic (exact) mass is 453 g/mol. The van der Waals surface area contributed by atoms with E-state index in [0.29, 0.717) is 24.1 Å². The molecule has 1 aromatic heterocycles. The number of carbonyl (C=O) groups is 1. The number of alkyl halides is 3. The summed E-state index contributed by atoms with van der Waals surface area (Å²) in [5, 5.41) is 14.3. The van der Waals surface area contributed by atoms with E-state index < -0.39 is 17.6 Å². The van der Waals surface area contributed by atoms with Crippen molar-refractivity contribution < 1.29 is 22.4 Å². The van der Waals surface area contributed by atoms with Crippen molar-refractivity contribution in [2.24, 2.45) is 0 Å². The van der Waals surface area contributed by atoms with Crippen molar-refractivity contribution in [3.63, 3.8) is 0 Å². The van der Waals surface area contributed by atoms with Crippen LogP contribution in [-0.4, -0.2) is 26.4 Å². The Hall–Kier alpha value is -3.08. The van der Waals surface area contributed by atoms with Gasteiger partial charge in [0.25, 0.3) is 0 Å². The first-order valence-corrected chi connectivity index (χ1v) is 10.3. The van der Waals surface area contributed by atoms with E-state index in [4.69, 9.17) is 0 Å². The second-order valence-electron chi connectivity index (χ2n) is 6.42. The molecule has 0 spiro atoms. The second kappa shape index (κ2) is 9.82. The SMILES string of the molecule is CCn1c(CNc2ccc(F)cc2)nnc1SCC(=O)Nc1cccc(C(F)(F)F)c1. The summed E-state index contributed by atoms with van der Waals surface area (Å²) in [5.74, 6) is -0.197. The van der Waals surface area contributed by atoms with Crippen LogP contribution in [-0.2, 0) is 24.1 Å². The van der Waals surface area contributed by atoms with Crippen molar-refractivity contribution in [3.8, 4) is 0 Å². The van der Waals surface area contributed by atoms with Gasteiger partial charge in [0.2, 0.25) is 5.91 Å². The maximum absolute atomic E-state index is 13.0. The third kappa shape index (κ3) is 6.20. The van der Waals surface area contributed by atoms with Crippen LogP contribution in [0.4, 0.5) is 28.9 Å². The fraction of sp³-hybridized carbons (Fsp3) is 0.250. The van der Waals surface area contributed by atoms with Crippen molar-refractivity contribution in [1.29, 1.82) is 0 Å². The first-order valence-electron chi connectivity index (χ1n) is 9.27. The van der Waals surface area contributed by atoms with E-state index in [1.54, 1.807) is 12.1 Å². The van der Waals surface area contributed by atoms with Crippen LogP contribution in [0.3, 0.4) is 0 Å². The largest absolute Gasteiger partial charge is 0.416 e. The summed E-state index contributed by atoms with van der Waals surface area (Å²) in [4.78, 5) is 12.2. The minimum atomic E-state index is -4.48. The van der Waals surface area contributed by atoms with E-state index in [2.05, 4.69) is 20.8 Å². The molecule has 0 saturated heterocycles. The normalized spacial score (nSPS) is 11.4. The molecule has 1 amide bonds. The summed E-state index contributed by atoms with van der Waals surface area (Å²) < 4.78 is 53.2. The molecular formula is C20H19F4N5OS. The lowest BCUT2D eigenvalue weighted by Gasteiger charge is -2.10. The third-order valence-corrected chi connectivity index (χ3v) is 5.18. The maximum Gasteiger partial charge on any atom is 0.416 e. The zero-order valence-corrected chi connectivity index (χ0v) is 17.2. The molecule has 0 bridgehead atoms. The number of benzene rings is 2. The van der Waals surface area contributed by atoms with Crippen molar-refractivity contribution in [3.05, 3.63) is 65.7 Å². The molecule has 164 valence electrons. The van der Waals surface area contributed by atoms with E-state index >= 15 is 0 Å².